The van der Waals surface area contributed by atoms with Gasteiger partial charge in [0.1, 0.15) is 5.82 Å². The molecule has 19 heavy (non-hydrogen) atoms. The molecule has 0 saturated carbocycles. The zero-order valence-corrected chi connectivity index (χ0v) is 10.2. The van der Waals surface area contributed by atoms with Crippen LogP contribution in [0.3, 0.4) is 0 Å². The third-order valence-electron chi connectivity index (χ3n) is 2.89. The summed E-state index contributed by atoms with van der Waals surface area (Å²) in [6.07, 6.45) is 3.42. The van der Waals surface area contributed by atoms with Crippen molar-refractivity contribution in [3.8, 4) is 11.4 Å². The van der Waals surface area contributed by atoms with Crippen LogP contribution in [0.4, 0.5) is 0 Å². The van der Waals surface area contributed by atoms with Gasteiger partial charge in [-0.1, -0.05) is 30.3 Å². The average Bonchev–Trinajstić information content (AvgIpc) is 2.98. The molecular weight excluding hydrogens is 238 g/mol. The van der Waals surface area contributed by atoms with E-state index in [1.807, 2.05) is 42.5 Å². The van der Waals surface area contributed by atoms with E-state index in [4.69, 9.17) is 5.73 Å². The Morgan fingerprint density at radius 3 is 2.47 bits per heavy atom. The van der Waals surface area contributed by atoms with Crippen LogP contribution in [-0.2, 0) is 0 Å². The summed E-state index contributed by atoms with van der Waals surface area (Å²) in [5.74, 6) is 1.28. The summed E-state index contributed by atoms with van der Waals surface area (Å²) < 4.78 is 0. The fourth-order valence-electron chi connectivity index (χ4n) is 1.86. The highest BCUT2D eigenvalue weighted by Crippen LogP contribution is 2.19. The molecule has 0 fully saturated rings. The Morgan fingerprint density at radius 1 is 1.00 bits per heavy atom. The van der Waals surface area contributed by atoms with Crippen LogP contribution < -0.4 is 5.73 Å². The summed E-state index contributed by atoms with van der Waals surface area (Å²) in [5, 5.41) is 7.09. The van der Waals surface area contributed by atoms with E-state index in [0.29, 0.717) is 11.6 Å². The summed E-state index contributed by atoms with van der Waals surface area (Å²) in [7, 11) is 0. The summed E-state index contributed by atoms with van der Waals surface area (Å²) in [5.41, 5.74) is 8.08. The van der Waals surface area contributed by atoms with Gasteiger partial charge in [0.2, 0.25) is 0 Å². The van der Waals surface area contributed by atoms with Crippen molar-refractivity contribution in [1.82, 2.24) is 20.2 Å². The monoisotopic (exact) mass is 251 g/mol. The number of hydrogen-bond donors (Lipinski definition) is 2. The molecule has 3 aromatic rings. The normalized spacial score (nSPS) is 12.3. The van der Waals surface area contributed by atoms with E-state index in [9.17, 15) is 0 Å². The zero-order valence-electron chi connectivity index (χ0n) is 10.2. The Morgan fingerprint density at radius 2 is 1.74 bits per heavy atom. The van der Waals surface area contributed by atoms with Crippen molar-refractivity contribution in [1.29, 1.82) is 0 Å². The third kappa shape index (κ3) is 2.36. The molecule has 0 saturated heterocycles. The van der Waals surface area contributed by atoms with Crippen LogP contribution >= 0.6 is 0 Å². The number of H-pyrrole nitrogens is 1. The van der Waals surface area contributed by atoms with Crippen LogP contribution in [0.5, 0.6) is 0 Å². The summed E-state index contributed by atoms with van der Waals surface area (Å²) >= 11 is 0. The Balaban J connectivity index is 1.90. The van der Waals surface area contributed by atoms with E-state index in [0.717, 1.165) is 11.1 Å². The van der Waals surface area contributed by atoms with E-state index < -0.39 is 0 Å². The second kappa shape index (κ2) is 4.99. The lowest BCUT2D eigenvalue weighted by molar-refractivity contribution is 0.787. The number of nitrogens with one attached hydrogen (secondary N) is 1. The molecule has 3 rings (SSSR count). The number of benzene rings is 1. The molecule has 0 radical (unpaired) electrons. The zero-order chi connectivity index (χ0) is 13.1. The minimum atomic E-state index is -0.302. The maximum atomic E-state index is 6.16. The topological polar surface area (TPSA) is 80.5 Å². The fourth-order valence-corrected chi connectivity index (χ4v) is 1.86. The van der Waals surface area contributed by atoms with Gasteiger partial charge in [-0.15, -0.1) is 0 Å². The smallest absolute Gasteiger partial charge is 0.181 e. The predicted molar refractivity (Wildman–Crippen MR) is 72.1 cm³/mol. The molecular formula is C14H13N5. The Bertz CT molecular complexity index is 648. The molecule has 3 N–H and O–H groups in total. The number of rotatable bonds is 3. The van der Waals surface area contributed by atoms with Crippen LogP contribution in [0.25, 0.3) is 11.4 Å². The molecule has 0 amide bonds. The van der Waals surface area contributed by atoms with Crippen LogP contribution in [0, 0.1) is 0 Å². The lowest BCUT2D eigenvalue weighted by atomic mass is 10.1. The third-order valence-corrected chi connectivity index (χ3v) is 2.89. The lowest BCUT2D eigenvalue weighted by Crippen LogP contribution is -2.13. The SMILES string of the molecule is N[C@@H](c1ccccc1)c1nc(-c2ccncc2)n[nH]1. The second-order valence-corrected chi connectivity index (χ2v) is 4.17. The number of nitrogens with two attached hydrogens (primary N) is 1. The van der Waals surface area contributed by atoms with Gasteiger partial charge in [-0.25, -0.2) is 4.98 Å². The molecule has 2 heterocycles. The molecule has 0 bridgehead atoms. The van der Waals surface area contributed by atoms with Crippen LogP contribution in [0.1, 0.15) is 17.4 Å². The number of nitrogens with zero attached hydrogens (tertiary/aromatic N) is 3. The highest BCUT2D eigenvalue weighted by molar-refractivity contribution is 5.53. The number of aromatic nitrogens is 4. The van der Waals surface area contributed by atoms with Gasteiger partial charge in [-0.3, -0.25) is 10.1 Å². The Hall–Kier alpha value is -2.53. The maximum absolute atomic E-state index is 6.16. The molecule has 1 atom stereocenters. The maximum Gasteiger partial charge on any atom is 0.181 e. The largest absolute Gasteiger partial charge is 0.318 e. The predicted octanol–water partition coefficient (Wildman–Crippen LogP) is 1.91. The van der Waals surface area contributed by atoms with E-state index in [-0.39, 0.29) is 6.04 Å². The standard InChI is InChI=1S/C14H13N5/c15-12(10-4-2-1-3-5-10)14-17-13(18-19-14)11-6-8-16-9-7-11/h1-9,12H,15H2,(H,17,18,19)/t12-/m0/s1. The van der Waals surface area contributed by atoms with E-state index in [1.165, 1.54) is 0 Å². The average molecular weight is 251 g/mol. The quantitative estimate of drug-likeness (QED) is 0.745. The van der Waals surface area contributed by atoms with Crippen molar-refractivity contribution < 1.29 is 0 Å². The van der Waals surface area contributed by atoms with Gasteiger partial charge in [-0.2, -0.15) is 5.10 Å². The molecule has 5 heteroatoms. The summed E-state index contributed by atoms with van der Waals surface area (Å²) in [4.78, 5) is 8.41. The van der Waals surface area contributed by atoms with Crippen molar-refractivity contribution in [2.24, 2.45) is 5.73 Å². The first kappa shape index (κ1) is 11.6. The number of pyridine rings is 1. The van der Waals surface area contributed by atoms with E-state index in [2.05, 4.69) is 20.2 Å². The van der Waals surface area contributed by atoms with Gasteiger partial charge in [0.05, 0.1) is 6.04 Å². The van der Waals surface area contributed by atoms with Crippen LogP contribution in [0.2, 0.25) is 0 Å². The lowest BCUT2D eigenvalue weighted by Gasteiger charge is -2.07. The first-order valence-electron chi connectivity index (χ1n) is 5.98. The van der Waals surface area contributed by atoms with Crippen molar-refractivity contribution >= 4 is 0 Å². The van der Waals surface area contributed by atoms with Crippen LogP contribution in [-0.4, -0.2) is 20.2 Å². The molecule has 0 aliphatic rings. The minimum absolute atomic E-state index is 0.302. The van der Waals surface area contributed by atoms with Gasteiger partial charge in [0.25, 0.3) is 0 Å². The Labute approximate surface area is 110 Å². The van der Waals surface area contributed by atoms with E-state index in [1.54, 1.807) is 12.4 Å². The number of aromatic amines is 1. The molecule has 0 spiro atoms. The van der Waals surface area contributed by atoms with Crippen molar-refractivity contribution in [2.75, 3.05) is 0 Å². The minimum Gasteiger partial charge on any atom is -0.318 e. The van der Waals surface area contributed by atoms with Gasteiger partial charge < -0.3 is 5.73 Å². The molecule has 0 aliphatic heterocycles. The summed E-state index contributed by atoms with van der Waals surface area (Å²) in [6.45, 7) is 0. The number of hydrogen-bond acceptors (Lipinski definition) is 4. The molecule has 2 aromatic heterocycles. The first-order chi connectivity index (χ1) is 9.34. The molecule has 5 nitrogen and oxygen atoms in total. The molecule has 1 aromatic carbocycles. The van der Waals surface area contributed by atoms with Gasteiger partial charge >= 0.3 is 0 Å². The van der Waals surface area contributed by atoms with Crippen molar-refractivity contribution in [3.05, 3.63) is 66.2 Å². The van der Waals surface area contributed by atoms with Gasteiger partial charge in [0.15, 0.2) is 5.82 Å². The molecule has 94 valence electrons. The van der Waals surface area contributed by atoms with Crippen LogP contribution in [0.15, 0.2) is 54.9 Å². The summed E-state index contributed by atoms with van der Waals surface area (Å²) in [6, 6.07) is 13.2. The van der Waals surface area contributed by atoms with Crippen molar-refractivity contribution in [2.45, 2.75) is 6.04 Å². The highest BCUT2D eigenvalue weighted by atomic mass is 15.2. The Kier molecular flexibility index (Phi) is 3.04. The van der Waals surface area contributed by atoms with Gasteiger partial charge in [-0.05, 0) is 17.7 Å². The molecule has 0 aliphatic carbocycles. The highest BCUT2D eigenvalue weighted by Gasteiger charge is 2.14. The van der Waals surface area contributed by atoms with Gasteiger partial charge in [0, 0.05) is 18.0 Å². The van der Waals surface area contributed by atoms with E-state index >= 15 is 0 Å². The second-order valence-electron chi connectivity index (χ2n) is 4.17. The first-order valence-corrected chi connectivity index (χ1v) is 5.98. The fraction of sp³-hybridized carbons (Fsp3) is 0.0714. The molecule has 0 unspecified atom stereocenters. The van der Waals surface area contributed by atoms with Crippen molar-refractivity contribution in [3.63, 3.8) is 0 Å².